The Morgan fingerprint density at radius 3 is 1.38 bits per heavy atom. The summed E-state index contributed by atoms with van der Waals surface area (Å²) >= 11 is 0. The lowest BCUT2D eigenvalue weighted by Crippen LogP contribution is -2.16. The molecule has 2 aromatic rings. The molecule has 0 fully saturated rings. The van der Waals surface area contributed by atoms with Gasteiger partial charge in [-0.3, -0.25) is 0 Å². The van der Waals surface area contributed by atoms with E-state index in [0.29, 0.717) is 12.1 Å². The molecule has 11 heteroatoms. The van der Waals surface area contributed by atoms with Crippen LogP contribution in [-0.4, -0.2) is 0 Å². The predicted octanol–water partition coefficient (Wildman–Crippen LogP) is 6.12. The molecule has 0 saturated heterocycles. The van der Waals surface area contributed by atoms with Crippen molar-refractivity contribution in [2.75, 3.05) is 5.73 Å². The lowest BCUT2D eigenvalue weighted by Gasteiger charge is -2.18. The third-order valence-corrected chi connectivity index (χ3v) is 3.18. The second-order valence-corrected chi connectivity index (χ2v) is 5.05. The Bertz CT molecular complexity index is 754. The van der Waals surface area contributed by atoms with Gasteiger partial charge in [0.2, 0.25) is 0 Å². The molecular weight excluding hydrogens is 381 g/mol. The summed E-state index contributed by atoms with van der Waals surface area (Å²) in [5.41, 5.74) is -1.16. The summed E-state index contributed by atoms with van der Waals surface area (Å²) in [4.78, 5) is 0. The maximum absolute atomic E-state index is 12.9. The Balaban J connectivity index is 2.46. The number of anilines is 1. The monoisotopic (exact) mass is 389 g/mol. The fourth-order valence-corrected chi connectivity index (χ4v) is 2.00. The molecule has 0 aliphatic heterocycles. The highest BCUT2D eigenvalue weighted by Crippen LogP contribution is 2.44. The SMILES string of the molecule is Nc1c(C(F)(F)F)cc(Oc2ccc(C(F)(F)F)cc2)cc1C(F)(F)F. The van der Waals surface area contributed by atoms with Crippen molar-refractivity contribution < 1.29 is 44.3 Å². The molecular formula is C15H8F9NO. The quantitative estimate of drug-likeness (QED) is 0.496. The molecule has 142 valence electrons. The number of rotatable bonds is 2. The first-order valence-electron chi connectivity index (χ1n) is 6.62. The first-order valence-corrected chi connectivity index (χ1v) is 6.62. The molecule has 2 N–H and O–H groups in total. The van der Waals surface area contributed by atoms with Crippen molar-refractivity contribution in [1.82, 2.24) is 0 Å². The second-order valence-electron chi connectivity index (χ2n) is 5.05. The first kappa shape index (κ1) is 19.7. The molecule has 0 spiro atoms. The normalized spacial score (nSPS) is 13.0. The number of ether oxygens (including phenoxy) is 1. The third-order valence-electron chi connectivity index (χ3n) is 3.18. The number of alkyl halides is 9. The average molecular weight is 389 g/mol. The summed E-state index contributed by atoms with van der Waals surface area (Å²) in [5, 5.41) is 0. The molecule has 0 unspecified atom stereocenters. The number of nitrogen functional groups attached to an aromatic ring is 1. The van der Waals surface area contributed by atoms with Gasteiger partial charge in [-0.2, -0.15) is 39.5 Å². The average Bonchev–Trinajstić information content (AvgIpc) is 2.46. The lowest BCUT2D eigenvalue weighted by molar-refractivity contribution is -0.142. The summed E-state index contributed by atoms with van der Waals surface area (Å²) < 4.78 is 120. The number of halogens is 9. The summed E-state index contributed by atoms with van der Waals surface area (Å²) in [6.45, 7) is 0. The van der Waals surface area contributed by atoms with Crippen molar-refractivity contribution in [3.8, 4) is 11.5 Å². The van der Waals surface area contributed by atoms with Crippen LogP contribution in [0.25, 0.3) is 0 Å². The Morgan fingerprint density at radius 1 is 0.615 bits per heavy atom. The summed E-state index contributed by atoms with van der Waals surface area (Å²) in [6.07, 6.45) is -15.0. The highest BCUT2D eigenvalue weighted by Gasteiger charge is 2.41. The molecule has 0 heterocycles. The Labute approximate surface area is 140 Å². The smallest absolute Gasteiger partial charge is 0.418 e. The highest BCUT2D eigenvalue weighted by atomic mass is 19.4. The number of nitrogens with two attached hydrogens (primary N) is 1. The molecule has 0 radical (unpaired) electrons. The van der Waals surface area contributed by atoms with Crippen LogP contribution in [0, 0.1) is 0 Å². The van der Waals surface area contributed by atoms with E-state index in [2.05, 4.69) is 0 Å². The molecule has 0 aliphatic rings. The molecule has 0 atom stereocenters. The van der Waals surface area contributed by atoms with Crippen molar-refractivity contribution in [2.24, 2.45) is 0 Å². The van der Waals surface area contributed by atoms with E-state index in [1.165, 1.54) is 0 Å². The van der Waals surface area contributed by atoms with Crippen molar-refractivity contribution in [2.45, 2.75) is 18.5 Å². The minimum atomic E-state index is -5.19. The molecule has 26 heavy (non-hydrogen) atoms. The van der Waals surface area contributed by atoms with Crippen LogP contribution in [0.4, 0.5) is 45.2 Å². The van der Waals surface area contributed by atoms with E-state index in [9.17, 15) is 39.5 Å². The lowest BCUT2D eigenvalue weighted by atomic mass is 10.1. The maximum Gasteiger partial charge on any atom is 0.418 e. The van der Waals surface area contributed by atoms with Crippen molar-refractivity contribution >= 4 is 5.69 Å². The van der Waals surface area contributed by atoms with Crippen LogP contribution in [0.15, 0.2) is 36.4 Å². The van der Waals surface area contributed by atoms with Crippen LogP contribution in [0.2, 0.25) is 0 Å². The zero-order valence-corrected chi connectivity index (χ0v) is 12.4. The summed E-state index contributed by atoms with van der Waals surface area (Å²) in [6, 6.07) is 3.15. The number of hydrogen-bond donors (Lipinski definition) is 1. The molecule has 0 aromatic heterocycles. The van der Waals surface area contributed by atoms with E-state index in [-0.39, 0.29) is 17.9 Å². The zero-order valence-electron chi connectivity index (χ0n) is 12.4. The fraction of sp³-hybridized carbons (Fsp3) is 0.200. The topological polar surface area (TPSA) is 35.2 Å². The molecule has 0 aliphatic carbocycles. The molecule has 0 bridgehead atoms. The molecule has 2 rings (SSSR count). The number of hydrogen-bond acceptors (Lipinski definition) is 2. The van der Waals surface area contributed by atoms with Gasteiger partial charge in [-0.05, 0) is 36.4 Å². The van der Waals surface area contributed by atoms with Crippen LogP contribution < -0.4 is 10.5 Å². The van der Waals surface area contributed by atoms with Crippen molar-refractivity contribution in [1.29, 1.82) is 0 Å². The van der Waals surface area contributed by atoms with Gasteiger partial charge in [0.15, 0.2) is 0 Å². The van der Waals surface area contributed by atoms with Gasteiger partial charge in [-0.25, -0.2) is 0 Å². The Hall–Kier alpha value is -2.59. The van der Waals surface area contributed by atoms with Crippen LogP contribution >= 0.6 is 0 Å². The van der Waals surface area contributed by atoms with Gasteiger partial charge in [-0.15, -0.1) is 0 Å². The van der Waals surface area contributed by atoms with Crippen LogP contribution in [-0.2, 0) is 18.5 Å². The van der Waals surface area contributed by atoms with E-state index in [4.69, 9.17) is 10.5 Å². The summed E-state index contributed by atoms with van der Waals surface area (Å²) in [5.74, 6) is -1.26. The van der Waals surface area contributed by atoms with Crippen molar-refractivity contribution in [3.05, 3.63) is 53.1 Å². The third kappa shape index (κ3) is 4.33. The van der Waals surface area contributed by atoms with Gasteiger partial charge < -0.3 is 10.5 Å². The molecule has 2 nitrogen and oxygen atoms in total. The maximum atomic E-state index is 12.9. The standard InChI is InChI=1S/C15H8F9NO/c16-13(17,18)7-1-3-8(4-2-7)26-9-5-10(14(19,20)21)12(25)11(6-9)15(22,23)24/h1-6H,25H2. The second kappa shape index (κ2) is 6.29. The minimum absolute atomic E-state index is 0.238. The molecule has 2 aromatic carbocycles. The number of benzene rings is 2. The van der Waals surface area contributed by atoms with Gasteiger partial charge in [0, 0.05) is 0 Å². The van der Waals surface area contributed by atoms with E-state index < -0.39 is 46.7 Å². The van der Waals surface area contributed by atoms with Crippen LogP contribution in [0.1, 0.15) is 16.7 Å². The van der Waals surface area contributed by atoms with E-state index >= 15 is 0 Å². The highest BCUT2D eigenvalue weighted by molar-refractivity contribution is 5.60. The van der Waals surface area contributed by atoms with Gasteiger partial charge in [-0.1, -0.05) is 0 Å². The predicted molar refractivity (Wildman–Crippen MR) is 72.4 cm³/mol. The Morgan fingerprint density at radius 2 is 1.04 bits per heavy atom. The van der Waals surface area contributed by atoms with Gasteiger partial charge in [0.25, 0.3) is 0 Å². The van der Waals surface area contributed by atoms with Crippen LogP contribution in [0.5, 0.6) is 11.5 Å². The zero-order chi connectivity index (χ0) is 19.9. The molecule has 0 amide bonds. The minimum Gasteiger partial charge on any atom is -0.457 e. The van der Waals surface area contributed by atoms with E-state index in [0.717, 1.165) is 12.1 Å². The largest absolute Gasteiger partial charge is 0.457 e. The van der Waals surface area contributed by atoms with E-state index in [1.807, 2.05) is 0 Å². The van der Waals surface area contributed by atoms with E-state index in [1.54, 1.807) is 0 Å². The van der Waals surface area contributed by atoms with Crippen molar-refractivity contribution in [3.63, 3.8) is 0 Å². The summed E-state index contributed by atoms with van der Waals surface area (Å²) in [7, 11) is 0. The van der Waals surface area contributed by atoms with Gasteiger partial charge in [0.05, 0.1) is 22.4 Å². The first-order chi connectivity index (χ1) is 11.7. The Kier molecular flexibility index (Phi) is 4.77. The van der Waals surface area contributed by atoms with Gasteiger partial charge in [0.1, 0.15) is 11.5 Å². The molecule has 0 saturated carbocycles. The van der Waals surface area contributed by atoms with Gasteiger partial charge >= 0.3 is 18.5 Å². The fourth-order valence-electron chi connectivity index (χ4n) is 2.00. The van der Waals surface area contributed by atoms with Crippen LogP contribution in [0.3, 0.4) is 0 Å².